The molecule has 0 aliphatic carbocycles. The molecule has 1 aromatic heterocycles. The number of anilines is 1. The molecule has 4 rings (SSSR count). The first kappa shape index (κ1) is 25.9. The molecule has 1 saturated heterocycles. The summed E-state index contributed by atoms with van der Waals surface area (Å²) < 4.78 is 5.54. The molecule has 2 heterocycles. The molecule has 1 amide bonds. The first-order chi connectivity index (χ1) is 17.5. The van der Waals surface area contributed by atoms with Gasteiger partial charge in [-0.15, -0.1) is 0 Å². The van der Waals surface area contributed by atoms with Crippen LogP contribution >= 0.6 is 0 Å². The van der Waals surface area contributed by atoms with Gasteiger partial charge in [-0.2, -0.15) is 0 Å². The summed E-state index contributed by atoms with van der Waals surface area (Å²) in [6.07, 6.45) is 1.65. The molecular weight excluding hydrogens is 466 g/mol. The van der Waals surface area contributed by atoms with Gasteiger partial charge >= 0.3 is 0 Å². The molecule has 2 aromatic carbocycles. The van der Waals surface area contributed by atoms with Crippen molar-refractivity contribution in [1.29, 1.82) is 0 Å². The molecule has 192 valence electrons. The number of ketones is 1. The molecular formula is C30H33N3O4. The molecule has 7 nitrogen and oxygen atoms in total. The van der Waals surface area contributed by atoms with E-state index in [0.717, 1.165) is 16.8 Å². The van der Waals surface area contributed by atoms with E-state index in [1.54, 1.807) is 31.5 Å². The van der Waals surface area contributed by atoms with E-state index in [4.69, 9.17) is 4.74 Å². The highest BCUT2D eigenvalue weighted by atomic mass is 16.5. The topological polar surface area (TPSA) is 83.0 Å². The second-order valence-electron chi connectivity index (χ2n) is 10.4. The Morgan fingerprint density at radius 2 is 1.76 bits per heavy atom. The van der Waals surface area contributed by atoms with Crippen molar-refractivity contribution >= 4 is 23.1 Å². The number of rotatable bonds is 6. The maximum atomic E-state index is 13.4. The summed E-state index contributed by atoms with van der Waals surface area (Å²) >= 11 is 0. The number of aromatic nitrogens is 1. The average molecular weight is 500 g/mol. The van der Waals surface area contributed by atoms with Crippen LogP contribution < -0.4 is 9.64 Å². The third kappa shape index (κ3) is 5.07. The third-order valence-electron chi connectivity index (χ3n) is 6.60. The highest BCUT2D eigenvalue weighted by molar-refractivity contribution is 6.46. The zero-order valence-electron chi connectivity index (χ0n) is 22.1. The van der Waals surface area contributed by atoms with Gasteiger partial charge in [-0.25, -0.2) is 0 Å². The highest BCUT2D eigenvalue weighted by Gasteiger charge is 2.46. The Hall–Kier alpha value is -4.13. The molecule has 7 heteroatoms. The van der Waals surface area contributed by atoms with Crippen LogP contribution in [-0.4, -0.2) is 47.9 Å². The minimum Gasteiger partial charge on any atom is -0.507 e. The number of benzene rings is 2. The van der Waals surface area contributed by atoms with E-state index in [-0.39, 0.29) is 23.3 Å². The van der Waals surface area contributed by atoms with Gasteiger partial charge in [0.25, 0.3) is 11.7 Å². The molecule has 0 bridgehead atoms. The first-order valence-corrected chi connectivity index (χ1v) is 12.2. The monoisotopic (exact) mass is 499 g/mol. The molecule has 1 atom stereocenters. The second-order valence-corrected chi connectivity index (χ2v) is 10.4. The van der Waals surface area contributed by atoms with Crippen molar-refractivity contribution in [3.05, 3.63) is 94.8 Å². The molecule has 1 unspecified atom stereocenters. The largest absolute Gasteiger partial charge is 0.507 e. The number of aliphatic hydroxyl groups is 1. The summed E-state index contributed by atoms with van der Waals surface area (Å²) in [6.45, 7) is 6.28. The van der Waals surface area contributed by atoms with E-state index in [1.807, 2.05) is 82.2 Å². The number of methoxy groups -OCH3 is 1. The van der Waals surface area contributed by atoms with E-state index < -0.39 is 17.7 Å². The van der Waals surface area contributed by atoms with Crippen LogP contribution in [0.2, 0.25) is 0 Å². The maximum Gasteiger partial charge on any atom is 0.296 e. The lowest BCUT2D eigenvalue weighted by atomic mass is 9.84. The fraction of sp³-hybridized carbons (Fsp3) is 0.300. The van der Waals surface area contributed by atoms with E-state index in [1.165, 1.54) is 4.90 Å². The van der Waals surface area contributed by atoms with Gasteiger partial charge < -0.3 is 19.6 Å². The number of Topliss-reactive ketones (excluding diaryl/α,β-unsaturated/α-hetero) is 1. The van der Waals surface area contributed by atoms with Crippen LogP contribution in [0.4, 0.5) is 5.69 Å². The summed E-state index contributed by atoms with van der Waals surface area (Å²) in [4.78, 5) is 34.5. The van der Waals surface area contributed by atoms with Crippen molar-refractivity contribution in [2.24, 2.45) is 0 Å². The summed E-state index contributed by atoms with van der Waals surface area (Å²) in [5, 5.41) is 11.5. The normalized spacial score (nSPS) is 17.2. The lowest BCUT2D eigenvalue weighted by molar-refractivity contribution is -0.140. The minimum absolute atomic E-state index is 0.0589. The smallest absolute Gasteiger partial charge is 0.296 e. The van der Waals surface area contributed by atoms with Gasteiger partial charge in [0.2, 0.25) is 0 Å². The summed E-state index contributed by atoms with van der Waals surface area (Å²) in [5.74, 6) is -0.908. The number of ether oxygens (including phenoxy) is 1. The van der Waals surface area contributed by atoms with Gasteiger partial charge in [-0.05, 0) is 53.4 Å². The van der Waals surface area contributed by atoms with Crippen molar-refractivity contribution in [2.45, 2.75) is 38.8 Å². The van der Waals surface area contributed by atoms with Gasteiger partial charge in [-0.1, -0.05) is 39.0 Å². The van der Waals surface area contributed by atoms with Crippen molar-refractivity contribution in [3.63, 3.8) is 0 Å². The van der Waals surface area contributed by atoms with Crippen LogP contribution in [0.3, 0.4) is 0 Å². The molecule has 0 saturated carbocycles. The Balaban J connectivity index is 1.89. The molecule has 3 aromatic rings. The van der Waals surface area contributed by atoms with Crippen LogP contribution in [0.5, 0.6) is 5.75 Å². The molecule has 1 aliphatic heterocycles. The zero-order chi connectivity index (χ0) is 26.9. The maximum absolute atomic E-state index is 13.4. The predicted molar refractivity (Wildman–Crippen MR) is 145 cm³/mol. The van der Waals surface area contributed by atoms with E-state index >= 15 is 0 Å². The van der Waals surface area contributed by atoms with Gasteiger partial charge in [-0.3, -0.25) is 14.6 Å². The van der Waals surface area contributed by atoms with E-state index in [0.29, 0.717) is 17.0 Å². The SMILES string of the molecule is COc1ccc(/C(O)=C2/C(=O)C(=O)N(Cc3ccccn3)C2c2ccc(N(C)C)cc2)cc1C(C)(C)C. The lowest BCUT2D eigenvalue weighted by Crippen LogP contribution is -2.29. The van der Waals surface area contributed by atoms with E-state index in [9.17, 15) is 14.7 Å². The average Bonchev–Trinajstić information content (AvgIpc) is 3.13. The Morgan fingerprint density at radius 3 is 2.32 bits per heavy atom. The highest BCUT2D eigenvalue weighted by Crippen LogP contribution is 2.42. The van der Waals surface area contributed by atoms with Gasteiger partial charge in [0.15, 0.2) is 0 Å². The molecule has 0 spiro atoms. The number of likely N-dealkylation sites (tertiary alicyclic amines) is 1. The predicted octanol–water partition coefficient (Wildman–Crippen LogP) is 5.08. The van der Waals surface area contributed by atoms with E-state index in [2.05, 4.69) is 4.98 Å². The molecule has 1 N–H and O–H groups in total. The van der Waals surface area contributed by atoms with Crippen LogP contribution in [-0.2, 0) is 21.5 Å². The fourth-order valence-electron chi connectivity index (χ4n) is 4.61. The number of nitrogens with zero attached hydrogens (tertiary/aromatic N) is 3. The number of amides is 1. The van der Waals surface area contributed by atoms with Crippen LogP contribution in [0.1, 0.15) is 49.2 Å². The summed E-state index contributed by atoms with van der Waals surface area (Å²) in [7, 11) is 5.49. The summed E-state index contributed by atoms with van der Waals surface area (Å²) in [6, 6.07) is 17.6. The first-order valence-electron chi connectivity index (χ1n) is 12.2. The molecule has 1 fully saturated rings. The Bertz CT molecular complexity index is 1340. The van der Waals surface area contributed by atoms with Gasteiger partial charge in [0.05, 0.1) is 31.0 Å². The van der Waals surface area contributed by atoms with Crippen molar-refractivity contribution < 1.29 is 19.4 Å². The summed E-state index contributed by atoms with van der Waals surface area (Å²) in [5.41, 5.74) is 3.49. The van der Waals surface area contributed by atoms with Crippen LogP contribution in [0.15, 0.2) is 72.4 Å². The van der Waals surface area contributed by atoms with Crippen molar-refractivity contribution in [2.75, 3.05) is 26.1 Å². The second kappa shape index (κ2) is 10.1. The van der Waals surface area contributed by atoms with Gasteiger partial charge in [0, 0.05) is 37.1 Å². The Morgan fingerprint density at radius 1 is 1.05 bits per heavy atom. The number of carbonyl (C=O) groups excluding carboxylic acids is 2. The molecule has 0 radical (unpaired) electrons. The standard InChI is InChI=1S/C30H33N3O4/c1-30(2,3)23-17-20(12-15-24(23)37-6)27(34)25-26(19-10-13-22(14-11-19)32(4)5)33(29(36)28(25)35)18-21-9-7-8-16-31-21/h7-17,26,34H,18H2,1-6H3/b27-25-. The minimum atomic E-state index is -0.765. The van der Waals surface area contributed by atoms with Crippen LogP contribution in [0.25, 0.3) is 5.76 Å². The zero-order valence-corrected chi connectivity index (χ0v) is 22.1. The number of aliphatic hydroxyl groups excluding tert-OH is 1. The van der Waals surface area contributed by atoms with Crippen molar-refractivity contribution in [1.82, 2.24) is 9.88 Å². The number of hydrogen-bond acceptors (Lipinski definition) is 6. The van der Waals surface area contributed by atoms with Crippen LogP contribution in [0, 0.1) is 0 Å². The Labute approximate surface area is 218 Å². The number of hydrogen-bond donors (Lipinski definition) is 1. The lowest BCUT2D eigenvalue weighted by Gasteiger charge is -2.26. The fourth-order valence-corrected chi connectivity index (χ4v) is 4.61. The quantitative estimate of drug-likeness (QED) is 0.290. The number of carbonyl (C=O) groups is 2. The Kier molecular flexibility index (Phi) is 7.07. The third-order valence-corrected chi connectivity index (χ3v) is 6.60. The number of pyridine rings is 1. The molecule has 1 aliphatic rings. The van der Waals surface area contributed by atoms with Crippen molar-refractivity contribution in [3.8, 4) is 5.75 Å². The van der Waals surface area contributed by atoms with Gasteiger partial charge in [0.1, 0.15) is 11.5 Å². The molecule has 37 heavy (non-hydrogen) atoms.